The van der Waals surface area contributed by atoms with Crippen molar-refractivity contribution < 1.29 is 18.7 Å². The highest BCUT2D eigenvalue weighted by Gasteiger charge is 2.14. The van der Waals surface area contributed by atoms with Gasteiger partial charge in [-0.1, -0.05) is 0 Å². The lowest BCUT2D eigenvalue weighted by Crippen LogP contribution is -2.13. The summed E-state index contributed by atoms with van der Waals surface area (Å²) >= 11 is 4.91. The van der Waals surface area contributed by atoms with Crippen molar-refractivity contribution in [3.63, 3.8) is 0 Å². The van der Waals surface area contributed by atoms with Crippen LogP contribution in [0.25, 0.3) is 0 Å². The molecule has 0 atom stereocenters. The molecule has 0 fully saturated rings. The van der Waals surface area contributed by atoms with Crippen molar-refractivity contribution in [1.29, 1.82) is 0 Å². The smallest absolute Gasteiger partial charge is 0.365 e. The second-order valence-corrected chi connectivity index (χ2v) is 4.08. The molecular formula is C12H12O4S. The van der Waals surface area contributed by atoms with Crippen molar-refractivity contribution in [2.45, 2.75) is 26.2 Å². The zero-order valence-corrected chi connectivity index (χ0v) is 10.2. The molecule has 0 unspecified atom stereocenters. The molecule has 0 amide bonds. The SMILES string of the molecule is Cc1ccc(OC(=S)OC2=CC(=O)CCC2)o1. The Bertz CT molecular complexity index is 473. The van der Waals surface area contributed by atoms with Crippen LogP contribution in [0.1, 0.15) is 25.0 Å². The molecule has 0 aromatic carbocycles. The first-order valence-electron chi connectivity index (χ1n) is 5.33. The molecule has 1 heterocycles. The summed E-state index contributed by atoms with van der Waals surface area (Å²) in [6.07, 6.45) is 3.52. The van der Waals surface area contributed by atoms with Crippen LogP contribution in [0.2, 0.25) is 0 Å². The van der Waals surface area contributed by atoms with E-state index in [0.717, 1.165) is 12.2 Å². The first-order valence-corrected chi connectivity index (χ1v) is 5.74. The van der Waals surface area contributed by atoms with Crippen molar-refractivity contribution >= 4 is 23.2 Å². The fourth-order valence-corrected chi connectivity index (χ4v) is 1.71. The highest BCUT2D eigenvalue weighted by Crippen LogP contribution is 2.19. The summed E-state index contributed by atoms with van der Waals surface area (Å²) in [4.78, 5) is 11.2. The minimum absolute atomic E-state index is 0.0553. The number of allylic oxidation sites excluding steroid dienone is 2. The first kappa shape index (κ1) is 11.9. The van der Waals surface area contributed by atoms with Gasteiger partial charge < -0.3 is 13.9 Å². The van der Waals surface area contributed by atoms with Crippen LogP contribution in [0, 0.1) is 6.92 Å². The summed E-state index contributed by atoms with van der Waals surface area (Å²) in [5.41, 5.74) is 0. The van der Waals surface area contributed by atoms with Gasteiger partial charge in [-0.05, 0) is 19.4 Å². The molecule has 5 heteroatoms. The van der Waals surface area contributed by atoms with E-state index in [0.29, 0.717) is 18.6 Å². The minimum atomic E-state index is -0.0553. The molecule has 1 aromatic rings. The lowest BCUT2D eigenvalue weighted by molar-refractivity contribution is -0.115. The second kappa shape index (κ2) is 5.14. The van der Waals surface area contributed by atoms with E-state index in [-0.39, 0.29) is 17.0 Å². The molecule has 0 bridgehead atoms. The average Bonchev–Trinajstić information content (AvgIpc) is 2.63. The largest absolute Gasteiger partial charge is 0.431 e. The number of rotatable bonds is 2. The predicted octanol–water partition coefficient (Wildman–Crippen LogP) is 2.91. The topological polar surface area (TPSA) is 48.7 Å². The third-order valence-electron chi connectivity index (χ3n) is 2.28. The Balaban J connectivity index is 1.91. The number of thiocarbonyl (C=S) groups is 1. The van der Waals surface area contributed by atoms with Gasteiger partial charge in [-0.25, -0.2) is 0 Å². The molecule has 0 radical (unpaired) electrons. The molecular weight excluding hydrogens is 240 g/mol. The standard InChI is InChI=1S/C12H12O4S/c1-8-5-6-11(14-8)16-12(17)15-10-4-2-3-9(13)7-10/h5-7H,2-4H2,1H3. The molecule has 0 N–H and O–H groups in total. The van der Waals surface area contributed by atoms with Crippen LogP contribution >= 0.6 is 12.2 Å². The summed E-state index contributed by atoms with van der Waals surface area (Å²) < 4.78 is 15.6. The number of furan rings is 1. The van der Waals surface area contributed by atoms with Crippen LogP contribution in [0.3, 0.4) is 0 Å². The molecule has 2 rings (SSSR count). The van der Waals surface area contributed by atoms with E-state index in [4.69, 9.17) is 26.1 Å². The summed E-state index contributed by atoms with van der Waals surface area (Å²) in [6.45, 7) is 1.80. The number of carbonyl (C=O) groups is 1. The van der Waals surface area contributed by atoms with Crippen LogP contribution in [0.15, 0.2) is 28.4 Å². The van der Waals surface area contributed by atoms with E-state index in [1.54, 1.807) is 19.1 Å². The van der Waals surface area contributed by atoms with Gasteiger partial charge in [0.2, 0.25) is 0 Å². The highest BCUT2D eigenvalue weighted by atomic mass is 32.1. The zero-order valence-electron chi connectivity index (χ0n) is 9.39. The van der Waals surface area contributed by atoms with E-state index in [2.05, 4.69) is 0 Å². The number of carbonyl (C=O) groups excluding carboxylic acids is 1. The Morgan fingerprint density at radius 3 is 2.82 bits per heavy atom. The molecule has 1 aliphatic rings. The maximum atomic E-state index is 11.2. The molecule has 0 saturated carbocycles. The maximum Gasteiger partial charge on any atom is 0.365 e. The number of hydrogen-bond donors (Lipinski definition) is 0. The van der Waals surface area contributed by atoms with Gasteiger partial charge in [0.05, 0.1) is 0 Å². The molecule has 0 spiro atoms. The zero-order chi connectivity index (χ0) is 12.3. The van der Waals surface area contributed by atoms with Gasteiger partial charge >= 0.3 is 5.24 Å². The van der Waals surface area contributed by atoms with Gasteiger partial charge in [-0.15, -0.1) is 0 Å². The van der Waals surface area contributed by atoms with Crippen molar-refractivity contribution in [3.8, 4) is 5.95 Å². The van der Waals surface area contributed by atoms with Crippen LogP contribution in [0.5, 0.6) is 5.95 Å². The Morgan fingerprint density at radius 2 is 2.18 bits per heavy atom. The fourth-order valence-electron chi connectivity index (χ4n) is 1.52. The van der Waals surface area contributed by atoms with E-state index < -0.39 is 0 Å². The van der Waals surface area contributed by atoms with Crippen LogP contribution in [0.4, 0.5) is 0 Å². The van der Waals surface area contributed by atoms with E-state index in [1.807, 2.05) is 0 Å². The van der Waals surface area contributed by atoms with Gasteiger partial charge in [0, 0.05) is 37.2 Å². The van der Waals surface area contributed by atoms with Crippen molar-refractivity contribution in [2.24, 2.45) is 0 Å². The van der Waals surface area contributed by atoms with E-state index in [9.17, 15) is 4.79 Å². The minimum Gasteiger partial charge on any atom is -0.431 e. The van der Waals surface area contributed by atoms with Crippen molar-refractivity contribution in [2.75, 3.05) is 0 Å². The van der Waals surface area contributed by atoms with Crippen LogP contribution in [-0.2, 0) is 9.53 Å². The number of hydrogen-bond acceptors (Lipinski definition) is 5. The van der Waals surface area contributed by atoms with Gasteiger partial charge in [0.15, 0.2) is 5.78 Å². The third-order valence-corrected chi connectivity index (χ3v) is 2.45. The summed E-state index contributed by atoms with van der Waals surface area (Å²) in [7, 11) is 0. The van der Waals surface area contributed by atoms with Crippen LogP contribution < -0.4 is 4.74 Å². The normalized spacial score (nSPS) is 15.4. The Morgan fingerprint density at radius 1 is 1.35 bits per heavy atom. The Hall–Kier alpha value is -1.62. The average molecular weight is 252 g/mol. The molecule has 1 aliphatic carbocycles. The Labute approximate surface area is 104 Å². The van der Waals surface area contributed by atoms with Crippen LogP contribution in [-0.4, -0.2) is 11.0 Å². The van der Waals surface area contributed by atoms with Gasteiger partial charge in [-0.2, -0.15) is 0 Å². The maximum absolute atomic E-state index is 11.2. The lowest BCUT2D eigenvalue weighted by atomic mass is 10.1. The van der Waals surface area contributed by atoms with E-state index in [1.165, 1.54) is 6.08 Å². The predicted molar refractivity (Wildman–Crippen MR) is 64.7 cm³/mol. The second-order valence-electron chi connectivity index (χ2n) is 3.75. The monoisotopic (exact) mass is 252 g/mol. The molecule has 90 valence electrons. The molecule has 0 aliphatic heterocycles. The lowest BCUT2D eigenvalue weighted by Gasteiger charge is -2.12. The summed E-state index contributed by atoms with van der Waals surface area (Å²) in [5, 5.41) is -0.0553. The van der Waals surface area contributed by atoms with Crippen molar-refractivity contribution in [1.82, 2.24) is 0 Å². The number of aryl methyl sites for hydroxylation is 1. The summed E-state index contributed by atoms with van der Waals surface area (Å²) in [6, 6.07) is 3.42. The quantitative estimate of drug-likeness (QED) is 0.757. The molecule has 1 aromatic heterocycles. The number of ether oxygens (including phenoxy) is 2. The first-order chi connectivity index (χ1) is 8.13. The van der Waals surface area contributed by atoms with Gasteiger partial charge in [-0.3, -0.25) is 4.79 Å². The number of ketones is 1. The van der Waals surface area contributed by atoms with Gasteiger partial charge in [0.1, 0.15) is 11.5 Å². The Kier molecular flexibility index (Phi) is 3.58. The fraction of sp³-hybridized carbons (Fsp3) is 0.333. The third kappa shape index (κ3) is 3.42. The highest BCUT2D eigenvalue weighted by molar-refractivity contribution is 7.79. The molecule has 17 heavy (non-hydrogen) atoms. The molecule has 0 saturated heterocycles. The summed E-state index contributed by atoms with van der Waals surface area (Å²) in [5.74, 6) is 1.63. The van der Waals surface area contributed by atoms with E-state index >= 15 is 0 Å². The molecule has 4 nitrogen and oxygen atoms in total. The van der Waals surface area contributed by atoms with Crippen molar-refractivity contribution in [3.05, 3.63) is 29.7 Å². The van der Waals surface area contributed by atoms with Gasteiger partial charge in [0.25, 0.3) is 5.95 Å².